The number of aryl methyl sites for hydroxylation is 1. The summed E-state index contributed by atoms with van der Waals surface area (Å²) < 4.78 is 7.30. The highest BCUT2D eigenvalue weighted by molar-refractivity contribution is 5.76. The third-order valence-corrected chi connectivity index (χ3v) is 4.52. The predicted molar refractivity (Wildman–Crippen MR) is 113 cm³/mol. The van der Waals surface area contributed by atoms with Gasteiger partial charge in [0, 0.05) is 31.1 Å². The van der Waals surface area contributed by atoms with Crippen molar-refractivity contribution in [2.45, 2.75) is 19.9 Å². The number of aromatic nitrogens is 3. The smallest absolute Gasteiger partial charge is 0.244 e. The van der Waals surface area contributed by atoms with Crippen molar-refractivity contribution in [2.75, 3.05) is 25.0 Å². The molecule has 3 rings (SSSR count). The molecule has 0 atom stereocenters. The van der Waals surface area contributed by atoms with Crippen molar-refractivity contribution in [1.82, 2.24) is 19.7 Å². The molecule has 0 unspecified atom stereocenters. The minimum atomic E-state index is -0.0841. The molecule has 2 heterocycles. The second-order valence-electron chi connectivity index (χ2n) is 6.80. The number of carbonyl (C=O) groups is 2. The lowest BCUT2D eigenvalue weighted by atomic mass is 10.2. The molecule has 0 aliphatic rings. The molecule has 8 nitrogen and oxygen atoms in total. The van der Waals surface area contributed by atoms with Crippen LogP contribution in [0.3, 0.4) is 0 Å². The number of amides is 2. The number of anilines is 1. The zero-order chi connectivity index (χ0) is 21.2. The van der Waals surface area contributed by atoms with Crippen LogP contribution in [0.1, 0.15) is 11.3 Å². The molecule has 1 aromatic carbocycles. The zero-order valence-corrected chi connectivity index (χ0v) is 16.9. The Morgan fingerprint density at radius 1 is 1.20 bits per heavy atom. The highest BCUT2D eigenvalue weighted by Gasteiger charge is 2.15. The number of ether oxygens (including phenoxy) is 1. The van der Waals surface area contributed by atoms with Crippen LogP contribution in [-0.4, -0.2) is 51.7 Å². The molecular weight excluding hydrogens is 382 g/mol. The van der Waals surface area contributed by atoms with Gasteiger partial charge in [-0.2, -0.15) is 5.10 Å². The Kier molecular flexibility index (Phi) is 7.54. The van der Waals surface area contributed by atoms with Crippen LogP contribution in [0.4, 0.5) is 5.69 Å². The SMILES string of the molecule is Cc1ccc(OCCN(CCc2ccccn2)C(=O)Cn2cc(NC=O)cn2)cc1. The van der Waals surface area contributed by atoms with Crippen molar-refractivity contribution in [3.63, 3.8) is 0 Å². The van der Waals surface area contributed by atoms with Crippen LogP contribution < -0.4 is 10.1 Å². The van der Waals surface area contributed by atoms with E-state index in [-0.39, 0.29) is 12.5 Å². The highest BCUT2D eigenvalue weighted by atomic mass is 16.5. The molecule has 0 radical (unpaired) electrons. The van der Waals surface area contributed by atoms with E-state index in [1.165, 1.54) is 10.9 Å². The summed E-state index contributed by atoms with van der Waals surface area (Å²) in [6, 6.07) is 13.5. The van der Waals surface area contributed by atoms with Crippen LogP contribution in [0.25, 0.3) is 0 Å². The Morgan fingerprint density at radius 2 is 2.03 bits per heavy atom. The van der Waals surface area contributed by atoms with Crippen molar-refractivity contribution in [3.05, 3.63) is 72.3 Å². The minimum absolute atomic E-state index is 0.0767. The van der Waals surface area contributed by atoms with E-state index < -0.39 is 0 Å². The van der Waals surface area contributed by atoms with Crippen LogP contribution >= 0.6 is 0 Å². The molecule has 0 saturated heterocycles. The zero-order valence-electron chi connectivity index (χ0n) is 16.9. The summed E-state index contributed by atoms with van der Waals surface area (Å²) in [7, 11) is 0. The maximum atomic E-state index is 12.9. The third kappa shape index (κ3) is 6.44. The second-order valence-corrected chi connectivity index (χ2v) is 6.80. The monoisotopic (exact) mass is 407 g/mol. The number of benzene rings is 1. The lowest BCUT2D eigenvalue weighted by Crippen LogP contribution is -2.38. The first-order valence-electron chi connectivity index (χ1n) is 9.74. The fourth-order valence-corrected chi connectivity index (χ4v) is 2.90. The second kappa shape index (κ2) is 10.8. The topological polar surface area (TPSA) is 89.4 Å². The number of nitrogens with one attached hydrogen (secondary N) is 1. The summed E-state index contributed by atoms with van der Waals surface area (Å²) in [6.45, 7) is 3.45. The molecule has 0 aliphatic carbocycles. The Morgan fingerprint density at radius 3 is 2.77 bits per heavy atom. The van der Waals surface area contributed by atoms with Gasteiger partial charge in [-0.25, -0.2) is 0 Å². The van der Waals surface area contributed by atoms with Gasteiger partial charge in [-0.1, -0.05) is 23.8 Å². The van der Waals surface area contributed by atoms with Crippen molar-refractivity contribution in [1.29, 1.82) is 0 Å². The molecule has 0 fully saturated rings. The van der Waals surface area contributed by atoms with Crippen molar-refractivity contribution < 1.29 is 14.3 Å². The van der Waals surface area contributed by atoms with E-state index >= 15 is 0 Å². The van der Waals surface area contributed by atoms with Gasteiger partial charge in [0.2, 0.25) is 12.3 Å². The summed E-state index contributed by atoms with van der Waals surface area (Å²) in [5.41, 5.74) is 2.63. The van der Waals surface area contributed by atoms with Crippen LogP contribution in [0, 0.1) is 6.92 Å². The first kappa shape index (κ1) is 21.0. The Balaban J connectivity index is 1.60. The minimum Gasteiger partial charge on any atom is -0.492 e. The number of hydrogen-bond acceptors (Lipinski definition) is 5. The van der Waals surface area contributed by atoms with E-state index in [1.54, 1.807) is 17.3 Å². The third-order valence-electron chi connectivity index (χ3n) is 4.52. The van der Waals surface area contributed by atoms with Gasteiger partial charge in [0.15, 0.2) is 0 Å². The number of rotatable bonds is 11. The molecule has 30 heavy (non-hydrogen) atoms. The van der Waals surface area contributed by atoms with E-state index in [9.17, 15) is 9.59 Å². The average molecular weight is 407 g/mol. The summed E-state index contributed by atoms with van der Waals surface area (Å²) >= 11 is 0. The van der Waals surface area contributed by atoms with Crippen molar-refractivity contribution in [3.8, 4) is 5.75 Å². The van der Waals surface area contributed by atoms with Gasteiger partial charge in [0.05, 0.1) is 18.4 Å². The molecule has 0 spiro atoms. The number of nitrogens with zero attached hydrogens (tertiary/aromatic N) is 4. The normalized spacial score (nSPS) is 10.4. The van der Waals surface area contributed by atoms with Gasteiger partial charge < -0.3 is 15.0 Å². The molecule has 2 amide bonds. The highest BCUT2D eigenvalue weighted by Crippen LogP contribution is 2.11. The van der Waals surface area contributed by atoms with Gasteiger partial charge in [-0.05, 0) is 31.2 Å². The van der Waals surface area contributed by atoms with Crippen LogP contribution in [0.5, 0.6) is 5.75 Å². The first-order chi connectivity index (χ1) is 14.6. The quantitative estimate of drug-likeness (QED) is 0.493. The molecule has 8 heteroatoms. The molecule has 0 aliphatic heterocycles. The van der Waals surface area contributed by atoms with Gasteiger partial charge in [0.1, 0.15) is 18.9 Å². The van der Waals surface area contributed by atoms with E-state index in [1.807, 2.05) is 49.4 Å². The standard InChI is InChI=1S/C22H25N5O3/c1-18-5-7-21(8-6-18)30-13-12-26(11-9-19-4-2-3-10-23-19)22(29)16-27-15-20(14-25-27)24-17-28/h2-8,10,14-15,17H,9,11-13,16H2,1H3,(H,24,28). The summed E-state index contributed by atoms with van der Waals surface area (Å²) in [5.74, 6) is 0.688. The Hall–Kier alpha value is -3.68. The van der Waals surface area contributed by atoms with Crippen LogP contribution in [0.15, 0.2) is 61.1 Å². The predicted octanol–water partition coefficient (Wildman–Crippen LogP) is 2.31. The molecule has 156 valence electrons. The Labute approximate surface area is 175 Å². The number of hydrogen-bond donors (Lipinski definition) is 1. The van der Waals surface area contributed by atoms with E-state index in [4.69, 9.17) is 4.74 Å². The molecule has 3 aromatic rings. The van der Waals surface area contributed by atoms with Gasteiger partial charge >= 0.3 is 0 Å². The molecule has 0 saturated carbocycles. The summed E-state index contributed by atoms with van der Waals surface area (Å²) in [4.78, 5) is 29.5. The molecule has 2 aromatic heterocycles. The van der Waals surface area contributed by atoms with E-state index in [0.29, 0.717) is 38.2 Å². The van der Waals surface area contributed by atoms with Crippen molar-refractivity contribution in [2.24, 2.45) is 0 Å². The average Bonchev–Trinajstić information content (AvgIpc) is 3.19. The van der Waals surface area contributed by atoms with Crippen LogP contribution in [0.2, 0.25) is 0 Å². The lowest BCUT2D eigenvalue weighted by Gasteiger charge is -2.23. The maximum Gasteiger partial charge on any atom is 0.244 e. The maximum absolute atomic E-state index is 12.9. The number of carbonyl (C=O) groups excluding carboxylic acids is 2. The first-order valence-corrected chi connectivity index (χ1v) is 9.74. The van der Waals surface area contributed by atoms with Gasteiger partial charge in [0.25, 0.3) is 0 Å². The van der Waals surface area contributed by atoms with Gasteiger partial charge in [-0.3, -0.25) is 19.3 Å². The molecule has 1 N–H and O–H groups in total. The fourth-order valence-electron chi connectivity index (χ4n) is 2.90. The van der Waals surface area contributed by atoms with E-state index in [0.717, 1.165) is 17.0 Å². The fraction of sp³-hybridized carbons (Fsp3) is 0.273. The summed E-state index contributed by atoms with van der Waals surface area (Å²) in [6.07, 6.45) is 6.08. The van der Waals surface area contributed by atoms with Crippen molar-refractivity contribution >= 4 is 18.0 Å². The molecular formula is C22H25N5O3. The summed E-state index contributed by atoms with van der Waals surface area (Å²) in [5, 5.41) is 6.63. The van der Waals surface area contributed by atoms with Gasteiger partial charge in [-0.15, -0.1) is 0 Å². The Bertz CT molecular complexity index is 941. The lowest BCUT2D eigenvalue weighted by molar-refractivity contribution is -0.132. The largest absolute Gasteiger partial charge is 0.492 e. The van der Waals surface area contributed by atoms with E-state index in [2.05, 4.69) is 15.4 Å². The number of pyridine rings is 1. The van der Waals surface area contributed by atoms with Crippen LogP contribution in [-0.2, 0) is 22.6 Å². The molecule has 0 bridgehead atoms.